The predicted octanol–water partition coefficient (Wildman–Crippen LogP) is 4.47. The maximum absolute atomic E-state index is 14.4. The molecule has 104 valence electrons. The molecule has 0 atom stereocenters. The van der Waals surface area contributed by atoms with Gasteiger partial charge in [-0.25, -0.2) is 9.37 Å². The average Bonchev–Trinajstić information content (AvgIpc) is 3.07. The molecule has 0 aliphatic rings. The van der Waals surface area contributed by atoms with Crippen LogP contribution >= 0.6 is 11.3 Å². The van der Waals surface area contributed by atoms with E-state index in [0.29, 0.717) is 11.4 Å². The molecular weight excluding hydrogens is 275 g/mol. The summed E-state index contributed by atoms with van der Waals surface area (Å²) in [5.74, 6) is 0.244. The number of hydrogen-bond acceptors (Lipinski definition) is 3. The molecule has 3 rings (SSSR count). The Bertz CT molecular complexity index is 719. The number of hydrogen-bond donors (Lipinski definition) is 1. The molecule has 0 aliphatic carbocycles. The number of nitrogens with one attached hydrogen (secondary N) is 1. The second-order valence-electron chi connectivity index (χ2n) is 4.99. The largest absolute Gasteiger partial charge is 0.484 e. The molecule has 3 aromatic rings. The lowest BCUT2D eigenvalue weighted by Crippen LogP contribution is -1.98. The Labute approximate surface area is 120 Å². The summed E-state index contributed by atoms with van der Waals surface area (Å²) in [6, 6.07) is 5.52. The smallest absolute Gasteiger partial charge is 0.189 e. The molecule has 0 radical (unpaired) electrons. The van der Waals surface area contributed by atoms with Crippen LogP contribution < -0.4 is 4.74 Å². The van der Waals surface area contributed by atoms with E-state index in [9.17, 15) is 4.39 Å². The zero-order valence-electron chi connectivity index (χ0n) is 11.3. The number of rotatable bonds is 4. The van der Waals surface area contributed by atoms with Gasteiger partial charge < -0.3 is 9.72 Å². The Morgan fingerprint density at radius 2 is 2.25 bits per heavy atom. The van der Waals surface area contributed by atoms with Gasteiger partial charge in [0.25, 0.3) is 0 Å². The van der Waals surface area contributed by atoms with Crippen LogP contribution in [0.3, 0.4) is 0 Å². The third kappa shape index (κ3) is 2.41. The maximum atomic E-state index is 14.4. The molecule has 3 nitrogen and oxygen atoms in total. The first kappa shape index (κ1) is 13.1. The van der Waals surface area contributed by atoms with E-state index >= 15 is 0 Å². The quantitative estimate of drug-likeness (QED) is 0.770. The summed E-state index contributed by atoms with van der Waals surface area (Å²) < 4.78 is 19.9. The predicted molar refractivity (Wildman–Crippen MR) is 78.8 cm³/mol. The molecule has 0 saturated carbocycles. The van der Waals surface area contributed by atoms with Gasteiger partial charge in [0, 0.05) is 16.5 Å². The molecule has 1 aromatic carbocycles. The molecular formula is C15H15FN2OS. The summed E-state index contributed by atoms with van der Waals surface area (Å²) in [7, 11) is 0. The van der Waals surface area contributed by atoms with Crippen molar-refractivity contribution < 1.29 is 9.13 Å². The fraction of sp³-hybridized carbons (Fsp3) is 0.267. The number of aromatic amines is 1. The van der Waals surface area contributed by atoms with E-state index < -0.39 is 0 Å². The zero-order valence-corrected chi connectivity index (χ0v) is 12.1. The monoisotopic (exact) mass is 290 g/mol. The maximum Gasteiger partial charge on any atom is 0.189 e. The second kappa shape index (κ2) is 5.25. The van der Waals surface area contributed by atoms with E-state index in [4.69, 9.17) is 4.74 Å². The van der Waals surface area contributed by atoms with Crippen LogP contribution in [0, 0.1) is 5.82 Å². The van der Waals surface area contributed by atoms with Gasteiger partial charge >= 0.3 is 0 Å². The van der Waals surface area contributed by atoms with Gasteiger partial charge in [-0.15, -0.1) is 11.3 Å². The minimum atomic E-state index is -0.343. The van der Waals surface area contributed by atoms with Crippen molar-refractivity contribution in [2.75, 3.05) is 0 Å². The standard InChI is InChI=1S/C15H15FN2OS/c1-9(2)12-5-10-3-4-13(14(16)15(10)18-12)19-6-11-7-20-8-17-11/h3-5,7-9,18H,6H2,1-2H3. The summed E-state index contributed by atoms with van der Waals surface area (Å²) in [6.45, 7) is 4.42. The fourth-order valence-corrected chi connectivity index (χ4v) is 2.59. The number of aromatic nitrogens is 2. The zero-order chi connectivity index (χ0) is 14.1. The highest BCUT2D eigenvalue weighted by atomic mass is 32.1. The van der Waals surface area contributed by atoms with Crippen LogP contribution in [0.2, 0.25) is 0 Å². The van der Waals surface area contributed by atoms with Gasteiger partial charge in [-0.2, -0.15) is 0 Å². The number of nitrogens with zero attached hydrogens (tertiary/aromatic N) is 1. The number of thiazole rings is 1. The Morgan fingerprint density at radius 1 is 1.40 bits per heavy atom. The minimum absolute atomic E-state index is 0.252. The third-order valence-corrected chi connectivity index (χ3v) is 3.84. The lowest BCUT2D eigenvalue weighted by molar-refractivity contribution is 0.288. The number of benzene rings is 1. The molecule has 2 heterocycles. The van der Waals surface area contributed by atoms with Gasteiger partial charge in [-0.3, -0.25) is 0 Å². The van der Waals surface area contributed by atoms with E-state index in [2.05, 4.69) is 23.8 Å². The molecule has 5 heteroatoms. The van der Waals surface area contributed by atoms with Crippen molar-refractivity contribution in [1.29, 1.82) is 0 Å². The van der Waals surface area contributed by atoms with Crippen LogP contribution in [0.15, 0.2) is 29.1 Å². The van der Waals surface area contributed by atoms with Crippen LogP contribution in [0.4, 0.5) is 4.39 Å². The van der Waals surface area contributed by atoms with Crippen molar-refractivity contribution in [3.8, 4) is 5.75 Å². The van der Waals surface area contributed by atoms with E-state index in [1.807, 2.05) is 17.5 Å². The van der Waals surface area contributed by atoms with E-state index in [0.717, 1.165) is 16.8 Å². The van der Waals surface area contributed by atoms with E-state index in [1.165, 1.54) is 11.3 Å². The van der Waals surface area contributed by atoms with Gasteiger partial charge in [0.2, 0.25) is 0 Å². The Hall–Kier alpha value is -1.88. The van der Waals surface area contributed by atoms with Crippen LogP contribution in [0.1, 0.15) is 31.2 Å². The van der Waals surface area contributed by atoms with Crippen molar-refractivity contribution in [3.05, 3.63) is 46.3 Å². The first-order valence-electron chi connectivity index (χ1n) is 6.46. The first-order chi connectivity index (χ1) is 9.65. The summed E-state index contributed by atoms with van der Waals surface area (Å²) in [4.78, 5) is 7.24. The molecule has 0 saturated heterocycles. The average molecular weight is 290 g/mol. The van der Waals surface area contributed by atoms with Crippen LogP contribution in [0.5, 0.6) is 5.75 Å². The molecule has 2 aromatic heterocycles. The highest BCUT2D eigenvalue weighted by Crippen LogP contribution is 2.29. The van der Waals surface area contributed by atoms with Crippen LogP contribution in [-0.4, -0.2) is 9.97 Å². The number of halogens is 1. The van der Waals surface area contributed by atoms with Crippen molar-refractivity contribution in [3.63, 3.8) is 0 Å². The topological polar surface area (TPSA) is 37.9 Å². The highest BCUT2D eigenvalue weighted by molar-refractivity contribution is 7.07. The summed E-state index contributed by atoms with van der Waals surface area (Å²) >= 11 is 1.50. The highest BCUT2D eigenvalue weighted by Gasteiger charge is 2.13. The molecule has 0 aliphatic heterocycles. The molecule has 0 unspecified atom stereocenters. The SMILES string of the molecule is CC(C)c1cc2ccc(OCc3cscn3)c(F)c2[nH]1. The van der Waals surface area contributed by atoms with E-state index in [1.54, 1.807) is 11.6 Å². The van der Waals surface area contributed by atoms with Crippen molar-refractivity contribution >= 4 is 22.2 Å². The van der Waals surface area contributed by atoms with Gasteiger partial charge in [0.1, 0.15) is 6.61 Å². The minimum Gasteiger partial charge on any atom is -0.484 e. The number of H-pyrrole nitrogens is 1. The number of ether oxygens (including phenoxy) is 1. The van der Waals surface area contributed by atoms with Crippen LogP contribution in [-0.2, 0) is 6.61 Å². The lowest BCUT2D eigenvalue weighted by Gasteiger charge is -2.06. The van der Waals surface area contributed by atoms with Crippen molar-refractivity contribution in [2.24, 2.45) is 0 Å². The van der Waals surface area contributed by atoms with Gasteiger partial charge in [-0.05, 0) is 24.1 Å². The normalized spacial score (nSPS) is 11.4. The summed E-state index contributed by atoms with van der Waals surface area (Å²) in [6.07, 6.45) is 0. The molecule has 20 heavy (non-hydrogen) atoms. The number of fused-ring (bicyclic) bond motifs is 1. The van der Waals surface area contributed by atoms with Crippen molar-refractivity contribution in [2.45, 2.75) is 26.4 Å². The van der Waals surface area contributed by atoms with Crippen LogP contribution in [0.25, 0.3) is 10.9 Å². The van der Waals surface area contributed by atoms with Crippen molar-refractivity contribution in [1.82, 2.24) is 9.97 Å². The molecule has 0 fully saturated rings. The molecule has 0 spiro atoms. The Morgan fingerprint density at radius 3 is 2.95 bits per heavy atom. The first-order valence-corrected chi connectivity index (χ1v) is 7.40. The molecule has 0 amide bonds. The molecule has 1 N–H and O–H groups in total. The molecule has 0 bridgehead atoms. The fourth-order valence-electron chi connectivity index (χ4n) is 2.05. The Balaban J connectivity index is 1.90. The van der Waals surface area contributed by atoms with E-state index in [-0.39, 0.29) is 18.2 Å². The second-order valence-corrected chi connectivity index (χ2v) is 5.71. The van der Waals surface area contributed by atoms with Gasteiger partial charge in [-0.1, -0.05) is 13.8 Å². The lowest BCUT2D eigenvalue weighted by atomic mass is 10.1. The Kier molecular flexibility index (Phi) is 3.44. The van der Waals surface area contributed by atoms with Gasteiger partial charge in [0.15, 0.2) is 11.6 Å². The third-order valence-electron chi connectivity index (χ3n) is 3.20. The summed E-state index contributed by atoms with van der Waals surface area (Å²) in [5.41, 5.74) is 4.07. The van der Waals surface area contributed by atoms with Gasteiger partial charge in [0.05, 0.1) is 16.7 Å². The summed E-state index contributed by atoms with van der Waals surface area (Å²) in [5, 5.41) is 2.76.